The van der Waals surface area contributed by atoms with E-state index in [-0.39, 0.29) is 30.6 Å². The summed E-state index contributed by atoms with van der Waals surface area (Å²) in [6.07, 6.45) is 0. The second kappa shape index (κ2) is 7.14. The molecule has 0 spiro atoms. The van der Waals surface area contributed by atoms with Crippen LogP contribution in [0.4, 0.5) is 5.69 Å². The van der Waals surface area contributed by atoms with Crippen LogP contribution >= 0.6 is 0 Å². The van der Waals surface area contributed by atoms with Gasteiger partial charge < -0.3 is 14.9 Å². The van der Waals surface area contributed by atoms with Crippen molar-refractivity contribution in [3.8, 4) is 17.2 Å². The van der Waals surface area contributed by atoms with Gasteiger partial charge in [-0.15, -0.1) is 0 Å². The highest BCUT2D eigenvalue weighted by Gasteiger charge is 2.26. The summed E-state index contributed by atoms with van der Waals surface area (Å²) in [6.45, 7) is 1.26. The number of para-hydroxylation sites is 2. The van der Waals surface area contributed by atoms with Gasteiger partial charge in [-0.1, -0.05) is 12.1 Å². The maximum atomic E-state index is 12.2. The number of nitrogens with zero attached hydrogens (tertiary/aromatic N) is 2. The van der Waals surface area contributed by atoms with Gasteiger partial charge in [0.2, 0.25) is 0 Å². The molecule has 26 heavy (non-hydrogen) atoms. The lowest BCUT2D eigenvalue weighted by Gasteiger charge is -2.28. The van der Waals surface area contributed by atoms with Crippen LogP contribution < -0.4 is 15.1 Å². The van der Waals surface area contributed by atoms with E-state index in [0.717, 1.165) is 0 Å². The summed E-state index contributed by atoms with van der Waals surface area (Å²) in [4.78, 5) is 25.6. The molecule has 0 unspecified atom stereocenters. The third-order valence-corrected chi connectivity index (χ3v) is 3.83. The lowest BCUT2D eigenvalue weighted by molar-refractivity contribution is -0.125. The molecule has 1 aliphatic heterocycles. The quantitative estimate of drug-likeness (QED) is 0.566. The Kier molecular flexibility index (Phi) is 4.74. The summed E-state index contributed by atoms with van der Waals surface area (Å²) >= 11 is 0. The van der Waals surface area contributed by atoms with Crippen molar-refractivity contribution >= 4 is 23.2 Å². The Balaban J connectivity index is 1.70. The number of phenols is 2. The summed E-state index contributed by atoms with van der Waals surface area (Å²) in [6, 6.07) is 11.0. The van der Waals surface area contributed by atoms with E-state index in [9.17, 15) is 19.8 Å². The Morgan fingerprint density at radius 1 is 1.27 bits per heavy atom. The number of carbonyl (C=O) groups is 2. The number of hydrazone groups is 1. The van der Waals surface area contributed by atoms with Gasteiger partial charge in [0, 0.05) is 11.6 Å². The molecule has 3 N–H and O–H groups in total. The monoisotopic (exact) mass is 355 g/mol. The molecule has 2 aromatic carbocycles. The molecule has 1 heterocycles. The van der Waals surface area contributed by atoms with Crippen LogP contribution in [-0.2, 0) is 9.59 Å². The van der Waals surface area contributed by atoms with Crippen molar-refractivity contribution in [2.24, 2.45) is 5.10 Å². The Bertz CT molecular complexity index is 894. The highest BCUT2D eigenvalue weighted by atomic mass is 16.5. The van der Waals surface area contributed by atoms with Crippen LogP contribution in [0.3, 0.4) is 0 Å². The molecule has 8 heteroatoms. The summed E-state index contributed by atoms with van der Waals surface area (Å²) in [5.74, 6) is -0.512. The molecule has 8 nitrogen and oxygen atoms in total. The molecule has 3 rings (SSSR count). The van der Waals surface area contributed by atoms with Crippen molar-refractivity contribution in [3.05, 3.63) is 48.0 Å². The molecule has 2 aromatic rings. The molecule has 134 valence electrons. The van der Waals surface area contributed by atoms with Gasteiger partial charge in [-0.2, -0.15) is 5.10 Å². The van der Waals surface area contributed by atoms with Crippen LogP contribution in [0.2, 0.25) is 0 Å². The lowest BCUT2D eigenvalue weighted by Crippen LogP contribution is -2.44. The van der Waals surface area contributed by atoms with E-state index in [0.29, 0.717) is 22.7 Å². The second-order valence-electron chi connectivity index (χ2n) is 5.67. The Morgan fingerprint density at radius 3 is 2.81 bits per heavy atom. The largest absolute Gasteiger partial charge is 0.508 e. The van der Waals surface area contributed by atoms with E-state index < -0.39 is 5.91 Å². The fourth-order valence-electron chi connectivity index (χ4n) is 2.54. The van der Waals surface area contributed by atoms with Crippen LogP contribution in [0.25, 0.3) is 0 Å². The number of fused-ring (bicyclic) bond motifs is 1. The number of nitrogens with one attached hydrogen (secondary N) is 1. The fraction of sp³-hybridized carbons (Fsp3) is 0.167. The third kappa shape index (κ3) is 3.59. The first-order valence-electron chi connectivity index (χ1n) is 7.83. The van der Waals surface area contributed by atoms with Crippen LogP contribution in [0.1, 0.15) is 12.5 Å². The number of rotatable bonds is 4. The van der Waals surface area contributed by atoms with Gasteiger partial charge >= 0.3 is 0 Å². The molecule has 0 atom stereocenters. The average molecular weight is 355 g/mol. The lowest BCUT2D eigenvalue weighted by atomic mass is 10.1. The second-order valence-corrected chi connectivity index (χ2v) is 5.67. The smallest absolute Gasteiger partial charge is 0.265 e. The number of hydrogen-bond donors (Lipinski definition) is 3. The standard InChI is InChI=1S/C18H17N3O5/c1-11(13-7-6-12(22)8-15(13)23)19-20-17(24)9-21-14-4-2-3-5-16(14)26-10-18(21)25/h2-8,22-23H,9-10H2,1H3,(H,20,24)/b19-11+. The summed E-state index contributed by atoms with van der Waals surface area (Å²) in [7, 11) is 0. The van der Waals surface area contributed by atoms with Gasteiger partial charge in [-0.05, 0) is 31.2 Å². The van der Waals surface area contributed by atoms with E-state index in [4.69, 9.17) is 4.74 Å². The number of carbonyl (C=O) groups excluding carboxylic acids is 2. The van der Waals surface area contributed by atoms with E-state index in [1.165, 1.54) is 23.1 Å². The van der Waals surface area contributed by atoms with Crippen molar-refractivity contribution in [3.63, 3.8) is 0 Å². The number of ether oxygens (including phenoxy) is 1. The Labute approximate surface area is 149 Å². The van der Waals surface area contributed by atoms with Gasteiger partial charge in [0.1, 0.15) is 23.8 Å². The van der Waals surface area contributed by atoms with E-state index in [1.807, 2.05) is 0 Å². The Morgan fingerprint density at radius 2 is 2.04 bits per heavy atom. The number of anilines is 1. The molecule has 0 saturated heterocycles. The zero-order chi connectivity index (χ0) is 18.7. The number of hydrogen-bond acceptors (Lipinski definition) is 6. The molecule has 1 aliphatic rings. The molecule has 0 fully saturated rings. The van der Waals surface area contributed by atoms with E-state index in [2.05, 4.69) is 10.5 Å². The normalized spacial score (nSPS) is 13.8. The molecule has 0 radical (unpaired) electrons. The van der Waals surface area contributed by atoms with Gasteiger partial charge in [0.15, 0.2) is 6.61 Å². The van der Waals surface area contributed by atoms with E-state index >= 15 is 0 Å². The van der Waals surface area contributed by atoms with Crippen LogP contribution in [-0.4, -0.2) is 40.9 Å². The van der Waals surface area contributed by atoms with Crippen LogP contribution in [0.5, 0.6) is 17.2 Å². The first-order chi connectivity index (χ1) is 12.5. The van der Waals surface area contributed by atoms with Crippen LogP contribution in [0.15, 0.2) is 47.6 Å². The van der Waals surface area contributed by atoms with Crippen molar-refractivity contribution < 1.29 is 24.5 Å². The predicted molar refractivity (Wildman–Crippen MR) is 94.4 cm³/mol. The van der Waals surface area contributed by atoms with Crippen molar-refractivity contribution in [2.75, 3.05) is 18.1 Å². The number of amides is 2. The SMILES string of the molecule is C/C(=N\NC(=O)CN1C(=O)COc2ccccc21)c1ccc(O)cc1O. The predicted octanol–water partition coefficient (Wildman–Crippen LogP) is 1.36. The molecule has 2 amide bonds. The van der Waals surface area contributed by atoms with Crippen molar-refractivity contribution in [2.45, 2.75) is 6.92 Å². The topological polar surface area (TPSA) is 111 Å². The minimum Gasteiger partial charge on any atom is -0.508 e. The van der Waals surface area contributed by atoms with Gasteiger partial charge in [-0.3, -0.25) is 14.5 Å². The minimum absolute atomic E-state index is 0.0763. The number of benzene rings is 2. The molecule has 0 aliphatic carbocycles. The zero-order valence-electron chi connectivity index (χ0n) is 14.0. The van der Waals surface area contributed by atoms with Crippen LogP contribution in [0, 0.1) is 0 Å². The number of aromatic hydroxyl groups is 2. The van der Waals surface area contributed by atoms with Gasteiger partial charge in [0.25, 0.3) is 11.8 Å². The third-order valence-electron chi connectivity index (χ3n) is 3.83. The minimum atomic E-state index is -0.493. The first-order valence-corrected chi connectivity index (χ1v) is 7.83. The maximum Gasteiger partial charge on any atom is 0.265 e. The molecular formula is C18H17N3O5. The van der Waals surface area contributed by atoms with E-state index in [1.54, 1.807) is 31.2 Å². The summed E-state index contributed by atoms with van der Waals surface area (Å²) in [5, 5.41) is 23.1. The van der Waals surface area contributed by atoms with Gasteiger partial charge in [0.05, 0.1) is 11.4 Å². The highest BCUT2D eigenvalue weighted by molar-refractivity contribution is 6.03. The first kappa shape index (κ1) is 17.3. The van der Waals surface area contributed by atoms with Crippen molar-refractivity contribution in [1.29, 1.82) is 0 Å². The maximum absolute atomic E-state index is 12.2. The zero-order valence-corrected chi connectivity index (χ0v) is 14.0. The molecule has 0 bridgehead atoms. The summed E-state index contributed by atoms with van der Waals surface area (Å²) in [5.41, 5.74) is 3.61. The van der Waals surface area contributed by atoms with Crippen molar-refractivity contribution in [1.82, 2.24) is 5.43 Å². The molecular weight excluding hydrogens is 338 g/mol. The summed E-state index contributed by atoms with van der Waals surface area (Å²) < 4.78 is 5.33. The Hall–Kier alpha value is -3.55. The van der Waals surface area contributed by atoms with Gasteiger partial charge in [-0.25, -0.2) is 5.43 Å². The molecule has 0 saturated carbocycles. The fourth-order valence-corrected chi connectivity index (χ4v) is 2.54. The highest BCUT2D eigenvalue weighted by Crippen LogP contribution is 2.31. The molecule has 0 aromatic heterocycles. The number of phenolic OH excluding ortho intramolecular Hbond substituents is 2. The average Bonchev–Trinajstić information content (AvgIpc) is 2.62.